The molecule has 0 radical (unpaired) electrons. The van der Waals surface area contributed by atoms with E-state index in [4.69, 9.17) is 0 Å². The van der Waals surface area contributed by atoms with Gasteiger partial charge in [-0.05, 0) is 42.3 Å². The second-order valence-electron chi connectivity index (χ2n) is 8.22. The van der Waals surface area contributed by atoms with Gasteiger partial charge in [0.1, 0.15) is 18.2 Å². The topological polar surface area (TPSA) is 67.2 Å². The van der Waals surface area contributed by atoms with Crippen molar-refractivity contribution < 1.29 is 14.0 Å². The number of hydrogen-bond acceptors (Lipinski definition) is 3. The molecule has 0 aliphatic carbocycles. The van der Waals surface area contributed by atoms with Gasteiger partial charge in [-0.2, -0.15) is 5.10 Å². The number of carbonyl (C=O) groups is 2. The van der Waals surface area contributed by atoms with E-state index in [1.54, 1.807) is 29.0 Å². The van der Waals surface area contributed by atoms with Crippen LogP contribution in [0.1, 0.15) is 18.9 Å². The molecule has 0 unspecified atom stereocenters. The first-order valence-electron chi connectivity index (χ1n) is 11.8. The molecule has 1 heterocycles. The maximum atomic E-state index is 13.5. The summed E-state index contributed by atoms with van der Waals surface area (Å²) in [5.74, 6) is -0.535. The van der Waals surface area contributed by atoms with Crippen LogP contribution in [0.4, 0.5) is 10.2 Å². The first-order valence-corrected chi connectivity index (χ1v) is 11.8. The molecule has 1 N–H and O–H groups in total. The lowest BCUT2D eigenvalue weighted by atomic mass is 10.1. The predicted molar refractivity (Wildman–Crippen MR) is 140 cm³/mol. The van der Waals surface area contributed by atoms with Crippen molar-refractivity contribution in [1.82, 2.24) is 14.7 Å². The Morgan fingerprint density at radius 1 is 0.972 bits per heavy atom. The molecule has 1 aromatic heterocycles. The van der Waals surface area contributed by atoms with E-state index >= 15 is 0 Å². The van der Waals surface area contributed by atoms with Crippen molar-refractivity contribution in [1.29, 1.82) is 0 Å². The lowest BCUT2D eigenvalue weighted by molar-refractivity contribution is -0.130. The second-order valence-corrected chi connectivity index (χ2v) is 8.22. The second kappa shape index (κ2) is 11.8. The van der Waals surface area contributed by atoms with Gasteiger partial charge in [-0.1, -0.05) is 67.6 Å². The lowest BCUT2D eigenvalue weighted by Crippen LogP contribution is -2.37. The fourth-order valence-corrected chi connectivity index (χ4v) is 3.73. The van der Waals surface area contributed by atoms with Crippen molar-refractivity contribution in [2.45, 2.75) is 13.3 Å². The van der Waals surface area contributed by atoms with Gasteiger partial charge in [0.15, 0.2) is 0 Å². The van der Waals surface area contributed by atoms with Crippen molar-refractivity contribution in [3.05, 3.63) is 108 Å². The SMILES string of the molecule is CCCN(CC(=O)Nc1cc(-c2ccccc2)nn1-c1ccc(F)cc1)C(=O)C=Cc1ccccc1. The van der Waals surface area contributed by atoms with Crippen LogP contribution in [0.15, 0.2) is 97.1 Å². The van der Waals surface area contributed by atoms with Crippen molar-refractivity contribution >= 4 is 23.7 Å². The van der Waals surface area contributed by atoms with Crippen LogP contribution in [-0.2, 0) is 9.59 Å². The fraction of sp³-hybridized carbons (Fsp3) is 0.138. The summed E-state index contributed by atoms with van der Waals surface area (Å²) >= 11 is 0. The van der Waals surface area contributed by atoms with Crippen LogP contribution in [0, 0.1) is 5.82 Å². The zero-order chi connectivity index (χ0) is 25.3. The molecule has 7 heteroatoms. The average Bonchev–Trinajstić information content (AvgIpc) is 3.32. The largest absolute Gasteiger partial charge is 0.330 e. The number of carbonyl (C=O) groups excluding carboxylic acids is 2. The van der Waals surface area contributed by atoms with Crippen LogP contribution in [-0.4, -0.2) is 39.6 Å². The molecule has 0 aliphatic rings. The molecular weight excluding hydrogens is 455 g/mol. The van der Waals surface area contributed by atoms with E-state index < -0.39 is 0 Å². The Labute approximate surface area is 209 Å². The minimum absolute atomic E-state index is 0.110. The average molecular weight is 483 g/mol. The molecule has 4 rings (SSSR count). The number of halogens is 1. The van der Waals surface area contributed by atoms with Gasteiger partial charge in [-0.15, -0.1) is 0 Å². The zero-order valence-electron chi connectivity index (χ0n) is 20.0. The zero-order valence-corrected chi connectivity index (χ0v) is 20.0. The standard InChI is InChI=1S/C29H27FN4O2/c1-2-19-33(29(36)18-13-22-9-5-3-6-10-22)21-28(35)31-27-20-26(23-11-7-4-8-12-23)32-34(27)25-16-14-24(30)15-17-25/h3-18,20H,2,19,21H2,1H3,(H,31,35). The van der Waals surface area contributed by atoms with Crippen molar-refractivity contribution in [3.63, 3.8) is 0 Å². The summed E-state index contributed by atoms with van der Waals surface area (Å²) in [6, 6.07) is 26.7. The minimum atomic E-state index is -0.364. The number of nitrogens with one attached hydrogen (secondary N) is 1. The van der Waals surface area contributed by atoms with Gasteiger partial charge in [0.25, 0.3) is 0 Å². The number of nitrogens with zero attached hydrogens (tertiary/aromatic N) is 3. The maximum Gasteiger partial charge on any atom is 0.247 e. The Balaban J connectivity index is 1.54. The lowest BCUT2D eigenvalue weighted by Gasteiger charge is -2.20. The molecule has 182 valence electrons. The van der Waals surface area contributed by atoms with Gasteiger partial charge < -0.3 is 10.2 Å². The number of amides is 2. The highest BCUT2D eigenvalue weighted by atomic mass is 19.1. The summed E-state index contributed by atoms with van der Waals surface area (Å²) in [4.78, 5) is 27.3. The van der Waals surface area contributed by atoms with E-state index in [0.717, 1.165) is 11.1 Å². The highest BCUT2D eigenvalue weighted by Gasteiger charge is 2.18. The van der Waals surface area contributed by atoms with Gasteiger partial charge in [0.2, 0.25) is 11.8 Å². The number of anilines is 1. The quantitative estimate of drug-likeness (QED) is 0.317. The Morgan fingerprint density at radius 3 is 2.31 bits per heavy atom. The summed E-state index contributed by atoms with van der Waals surface area (Å²) in [5.41, 5.74) is 3.04. The summed E-state index contributed by atoms with van der Waals surface area (Å²) < 4.78 is 15.1. The van der Waals surface area contributed by atoms with E-state index in [-0.39, 0.29) is 24.2 Å². The first kappa shape index (κ1) is 24.6. The van der Waals surface area contributed by atoms with Gasteiger partial charge in [0.05, 0.1) is 11.4 Å². The van der Waals surface area contributed by atoms with Crippen molar-refractivity contribution in [2.24, 2.45) is 0 Å². The molecule has 0 saturated heterocycles. The Hall–Kier alpha value is -4.52. The monoisotopic (exact) mass is 482 g/mol. The predicted octanol–water partition coefficient (Wildman–Crippen LogP) is 5.57. The highest BCUT2D eigenvalue weighted by Crippen LogP contribution is 2.25. The van der Waals surface area contributed by atoms with Gasteiger partial charge in [0, 0.05) is 24.3 Å². The van der Waals surface area contributed by atoms with Crippen molar-refractivity contribution in [2.75, 3.05) is 18.4 Å². The Morgan fingerprint density at radius 2 is 1.64 bits per heavy atom. The number of rotatable bonds is 9. The molecule has 0 fully saturated rings. The molecular formula is C29H27FN4O2. The molecule has 6 nitrogen and oxygen atoms in total. The Kier molecular flexibility index (Phi) is 8.03. The van der Waals surface area contributed by atoms with Crippen LogP contribution >= 0.6 is 0 Å². The molecule has 0 spiro atoms. The minimum Gasteiger partial charge on any atom is -0.330 e. The third kappa shape index (κ3) is 6.33. The molecule has 0 aliphatic heterocycles. The molecule has 0 atom stereocenters. The van der Waals surface area contributed by atoms with Crippen molar-refractivity contribution in [3.8, 4) is 16.9 Å². The molecule has 0 saturated carbocycles. The molecule has 2 amide bonds. The van der Waals surface area contributed by atoms with Crippen LogP contribution in [0.25, 0.3) is 23.0 Å². The van der Waals surface area contributed by atoms with Crippen LogP contribution < -0.4 is 5.32 Å². The van der Waals surface area contributed by atoms with Gasteiger partial charge in [-0.3, -0.25) is 9.59 Å². The van der Waals surface area contributed by atoms with E-state index in [0.29, 0.717) is 30.2 Å². The first-order chi connectivity index (χ1) is 17.5. The normalized spacial score (nSPS) is 10.9. The third-order valence-electron chi connectivity index (χ3n) is 5.48. The van der Waals surface area contributed by atoms with Crippen LogP contribution in [0.2, 0.25) is 0 Å². The van der Waals surface area contributed by atoms with Gasteiger partial charge >= 0.3 is 0 Å². The molecule has 36 heavy (non-hydrogen) atoms. The van der Waals surface area contributed by atoms with E-state index in [9.17, 15) is 14.0 Å². The molecule has 4 aromatic rings. The third-order valence-corrected chi connectivity index (χ3v) is 5.48. The van der Waals surface area contributed by atoms with Crippen LogP contribution in [0.3, 0.4) is 0 Å². The number of benzene rings is 3. The smallest absolute Gasteiger partial charge is 0.247 e. The summed E-state index contributed by atoms with van der Waals surface area (Å²) in [6.07, 6.45) is 3.93. The summed E-state index contributed by atoms with van der Waals surface area (Å²) in [7, 11) is 0. The fourth-order valence-electron chi connectivity index (χ4n) is 3.73. The number of aromatic nitrogens is 2. The summed E-state index contributed by atoms with van der Waals surface area (Å²) in [6.45, 7) is 2.29. The summed E-state index contributed by atoms with van der Waals surface area (Å²) in [5, 5.41) is 7.52. The molecule has 0 bridgehead atoms. The van der Waals surface area contributed by atoms with E-state index in [1.165, 1.54) is 23.1 Å². The Bertz CT molecular complexity index is 1330. The molecule has 3 aromatic carbocycles. The van der Waals surface area contributed by atoms with Crippen LogP contribution in [0.5, 0.6) is 0 Å². The maximum absolute atomic E-state index is 13.5. The highest BCUT2D eigenvalue weighted by molar-refractivity contribution is 5.98. The van der Waals surface area contributed by atoms with E-state index in [1.807, 2.05) is 67.6 Å². The number of hydrogen-bond donors (Lipinski definition) is 1. The van der Waals surface area contributed by atoms with Gasteiger partial charge in [-0.25, -0.2) is 9.07 Å². The van der Waals surface area contributed by atoms with E-state index in [2.05, 4.69) is 10.4 Å².